The van der Waals surface area contributed by atoms with Crippen molar-refractivity contribution in [1.82, 2.24) is 9.97 Å². The minimum atomic E-state index is -0.927. The molecule has 0 radical (unpaired) electrons. The Kier molecular flexibility index (Phi) is 10.2. The van der Waals surface area contributed by atoms with Gasteiger partial charge in [0.15, 0.2) is 6.10 Å². The van der Waals surface area contributed by atoms with Crippen LogP contribution in [0.15, 0.2) is 48.8 Å². The highest BCUT2D eigenvalue weighted by Crippen LogP contribution is 2.43. The van der Waals surface area contributed by atoms with Crippen LogP contribution in [0.1, 0.15) is 89.8 Å². The van der Waals surface area contributed by atoms with E-state index in [-0.39, 0.29) is 11.5 Å². The number of nitrogens with zero attached hydrogens (tertiary/aromatic N) is 3. The summed E-state index contributed by atoms with van der Waals surface area (Å²) in [5, 5.41) is 0. The molecule has 232 valence electrons. The van der Waals surface area contributed by atoms with Crippen molar-refractivity contribution in [3.8, 4) is 17.0 Å². The third-order valence-corrected chi connectivity index (χ3v) is 7.77. The van der Waals surface area contributed by atoms with Crippen LogP contribution in [0, 0.1) is 19.3 Å². The van der Waals surface area contributed by atoms with Crippen LogP contribution < -0.4 is 9.64 Å². The first-order valence-corrected chi connectivity index (χ1v) is 15.5. The zero-order valence-electron chi connectivity index (χ0n) is 27.5. The Labute approximate surface area is 258 Å². The van der Waals surface area contributed by atoms with Gasteiger partial charge in [0, 0.05) is 42.5 Å². The number of benzene rings is 1. The predicted molar refractivity (Wildman–Crippen MR) is 173 cm³/mol. The fourth-order valence-electron chi connectivity index (χ4n) is 5.44. The molecular formula is C36H49N3O4. The number of piperidine rings is 1. The summed E-state index contributed by atoms with van der Waals surface area (Å²) in [5.74, 6) is 0.309. The minimum absolute atomic E-state index is 0.256. The number of aryl methyl sites for hydroxylation is 2. The molecule has 1 unspecified atom stereocenters. The normalized spacial score (nSPS) is 15.8. The van der Waals surface area contributed by atoms with Crippen LogP contribution in [-0.2, 0) is 20.7 Å². The van der Waals surface area contributed by atoms with E-state index in [1.165, 1.54) is 11.1 Å². The summed E-state index contributed by atoms with van der Waals surface area (Å²) >= 11 is 0. The van der Waals surface area contributed by atoms with Gasteiger partial charge in [-0.1, -0.05) is 43.7 Å². The molecule has 2 aromatic heterocycles. The smallest absolute Gasteiger partial charge is 0.340 e. The monoisotopic (exact) mass is 587 g/mol. The molecule has 0 aliphatic carbocycles. The summed E-state index contributed by atoms with van der Waals surface area (Å²) in [6.45, 7) is 20.5. The number of carbonyl (C=O) groups is 1. The van der Waals surface area contributed by atoms with Gasteiger partial charge in [-0.2, -0.15) is 0 Å². The van der Waals surface area contributed by atoms with Crippen LogP contribution in [0.5, 0.6) is 5.75 Å². The van der Waals surface area contributed by atoms with Crippen molar-refractivity contribution in [2.75, 3.05) is 24.6 Å². The second kappa shape index (κ2) is 13.5. The molecule has 0 N–H and O–H groups in total. The van der Waals surface area contributed by atoms with Crippen molar-refractivity contribution in [3.05, 3.63) is 71.2 Å². The van der Waals surface area contributed by atoms with Crippen molar-refractivity contribution < 1.29 is 19.0 Å². The first-order chi connectivity index (χ1) is 20.2. The van der Waals surface area contributed by atoms with E-state index in [1.54, 1.807) is 6.20 Å². The third-order valence-electron chi connectivity index (χ3n) is 7.77. The number of rotatable bonds is 10. The second-order valence-corrected chi connectivity index (χ2v) is 13.7. The van der Waals surface area contributed by atoms with Gasteiger partial charge in [0.2, 0.25) is 0 Å². The zero-order valence-corrected chi connectivity index (χ0v) is 27.5. The van der Waals surface area contributed by atoms with E-state index >= 15 is 0 Å². The molecule has 0 spiro atoms. The van der Waals surface area contributed by atoms with E-state index in [4.69, 9.17) is 24.2 Å². The molecule has 4 rings (SSSR count). The number of hydrogen-bond donors (Lipinski definition) is 0. The van der Waals surface area contributed by atoms with Crippen molar-refractivity contribution in [2.24, 2.45) is 5.41 Å². The topological polar surface area (TPSA) is 73.8 Å². The highest BCUT2D eigenvalue weighted by atomic mass is 16.6. The molecule has 7 heteroatoms. The lowest BCUT2D eigenvalue weighted by Gasteiger charge is -2.41. The second-order valence-electron chi connectivity index (χ2n) is 13.7. The van der Waals surface area contributed by atoms with Crippen LogP contribution in [0.25, 0.3) is 11.3 Å². The number of anilines is 1. The van der Waals surface area contributed by atoms with Crippen LogP contribution in [0.3, 0.4) is 0 Å². The molecule has 0 bridgehead atoms. The molecule has 1 fully saturated rings. The largest absolute Gasteiger partial charge is 0.492 e. The first-order valence-electron chi connectivity index (χ1n) is 15.5. The highest BCUT2D eigenvalue weighted by molar-refractivity contribution is 5.86. The third kappa shape index (κ3) is 8.79. The molecule has 1 aromatic carbocycles. The Morgan fingerprint density at radius 3 is 2.35 bits per heavy atom. The van der Waals surface area contributed by atoms with Gasteiger partial charge in [-0.3, -0.25) is 9.97 Å². The maximum absolute atomic E-state index is 13.6. The molecule has 3 heterocycles. The number of carbonyl (C=O) groups excluding carboxylic acids is 1. The SMILES string of the molecule is Cc1cccc(CCOc2ccc(-c3cnc(C)c(C(OC(C)(C)C)C(=O)OC(C)C)c3N3CCC(C)(C)CC3)nc2)c1. The number of pyridine rings is 2. The average Bonchev–Trinajstić information content (AvgIpc) is 2.91. The van der Waals surface area contributed by atoms with Crippen LogP contribution in [0.4, 0.5) is 5.69 Å². The Balaban J connectivity index is 1.71. The fourth-order valence-corrected chi connectivity index (χ4v) is 5.44. The lowest BCUT2D eigenvalue weighted by Crippen LogP contribution is -2.39. The molecule has 1 saturated heterocycles. The van der Waals surface area contributed by atoms with Gasteiger partial charge in [-0.15, -0.1) is 0 Å². The molecule has 7 nitrogen and oxygen atoms in total. The van der Waals surface area contributed by atoms with E-state index < -0.39 is 17.7 Å². The van der Waals surface area contributed by atoms with E-state index in [1.807, 2.05) is 59.9 Å². The molecule has 1 aliphatic heterocycles. The van der Waals surface area contributed by atoms with Crippen molar-refractivity contribution in [3.63, 3.8) is 0 Å². The zero-order chi connectivity index (χ0) is 31.4. The maximum atomic E-state index is 13.6. The van der Waals surface area contributed by atoms with Gasteiger partial charge in [0.05, 0.1) is 35.9 Å². The summed E-state index contributed by atoms with van der Waals surface area (Å²) < 4.78 is 18.2. The summed E-state index contributed by atoms with van der Waals surface area (Å²) in [7, 11) is 0. The van der Waals surface area contributed by atoms with Crippen LogP contribution in [-0.4, -0.2) is 47.3 Å². The lowest BCUT2D eigenvalue weighted by molar-refractivity contribution is -0.171. The van der Waals surface area contributed by atoms with Crippen LogP contribution >= 0.6 is 0 Å². The first kappa shape index (κ1) is 32.5. The number of aromatic nitrogens is 2. The van der Waals surface area contributed by atoms with Crippen LogP contribution in [0.2, 0.25) is 0 Å². The molecule has 3 aromatic rings. The molecule has 1 aliphatic rings. The number of ether oxygens (including phenoxy) is 3. The highest BCUT2D eigenvalue weighted by Gasteiger charge is 2.37. The lowest BCUT2D eigenvalue weighted by atomic mass is 9.82. The van der Waals surface area contributed by atoms with Gasteiger partial charge in [0.25, 0.3) is 0 Å². The minimum Gasteiger partial charge on any atom is -0.492 e. The van der Waals surface area contributed by atoms with E-state index in [2.05, 4.69) is 49.9 Å². The molecule has 1 atom stereocenters. The molecular weight excluding hydrogens is 538 g/mol. The van der Waals surface area contributed by atoms with E-state index in [0.717, 1.165) is 60.6 Å². The van der Waals surface area contributed by atoms with Crippen molar-refractivity contribution in [2.45, 2.75) is 99.4 Å². The Bertz CT molecular complexity index is 1380. The standard InChI is InChI=1S/C36H49N3O4/c1-24(2)42-34(40)33(43-35(5,6)7)31-26(4)37-23-29(32(31)39-18-16-36(8,9)17-19-39)30-14-13-28(22-38-30)41-20-15-27-12-10-11-25(3)21-27/h10-14,21-24,33H,15-20H2,1-9H3. The van der Waals surface area contributed by atoms with Crippen molar-refractivity contribution in [1.29, 1.82) is 0 Å². The number of hydrogen-bond acceptors (Lipinski definition) is 7. The van der Waals surface area contributed by atoms with Gasteiger partial charge < -0.3 is 19.1 Å². The molecule has 0 saturated carbocycles. The molecule has 43 heavy (non-hydrogen) atoms. The molecule has 0 amide bonds. The van der Waals surface area contributed by atoms with Gasteiger partial charge in [-0.25, -0.2) is 4.79 Å². The van der Waals surface area contributed by atoms with Crippen molar-refractivity contribution >= 4 is 11.7 Å². The van der Waals surface area contributed by atoms with E-state index in [0.29, 0.717) is 12.4 Å². The maximum Gasteiger partial charge on any atom is 0.340 e. The Hall–Kier alpha value is -3.45. The fraction of sp³-hybridized carbons (Fsp3) is 0.528. The quantitative estimate of drug-likeness (QED) is 0.224. The summed E-state index contributed by atoms with van der Waals surface area (Å²) in [5.41, 5.74) is 6.24. The number of esters is 1. The van der Waals surface area contributed by atoms with Gasteiger partial charge >= 0.3 is 5.97 Å². The van der Waals surface area contributed by atoms with E-state index in [9.17, 15) is 4.79 Å². The summed E-state index contributed by atoms with van der Waals surface area (Å²) in [4.78, 5) is 25.6. The summed E-state index contributed by atoms with van der Waals surface area (Å²) in [6.07, 6.45) is 5.34. The summed E-state index contributed by atoms with van der Waals surface area (Å²) in [6, 6.07) is 12.4. The Morgan fingerprint density at radius 1 is 1.02 bits per heavy atom. The predicted octanol–water partition coefficient (Wildman–Crippen LogP) is 7.82. The van der Waals surface area contributed by atoms with Gasteiger partial charge in [0.1, 0.15) is 5.75 Å². The van der Waals surface area contributed by atoms with Gasteiger partial charge in [-0.05, 0) is 84.4 Å². The average molecular weight is 588 g/mol. The Morgan fingerprint density at radius 2 is 1.74 bits per heavy atom.